The molecule has 27 heavy (non-hydrogen) atoms. The molecule has 2 rings (SSSR count). The molecule has 1 saturated heterocycles. The molecule has 7 heteroatoms. The third-order valence-electron chi connectivity index (χ3n) is 3.68. The number of epoxide rings is 1. The van der Waals surface area contributed by atoms with Gasteiger partial charge in [-0.05, 0) is 64.3 Å². The number of benzene rings is 1. The Hall–Kier alpha value is -1.99. The van der Waals surface area contributed by atoms with Gasteiger partial charge in [0.25, 0.3) is 0 Å². The maximum absolute atomic E-state index is 13.4. The summed E-state index contributed by atoms with van der Waals surface area (Å²) in [6.07, 6.45) is -1.14. The van der Waals surface area contributed by atoms with Gasteiger partial charge in [0.1, 0.15) is 35.2 Å². The van der Waals surface area contributed by atoms with Crippen LogP contribution in [-0.4, -0.2) is 36.2 Å². The van der Waals surface area contributed by atoms with Crippen molar-refractivity contribution in [2.75, 3.05) is 6.61 Å². The van der Waals surface area contributed by atoms with Crippen LogP contribution in [0.2, 0.25) is 0 Å². The molecule has 0 saturated carbocycles. The number of carbonyl (C=O) groups is 1. The second-order valence-electron chi connectivity index (χ2n) is 8.16. The molecule has 1 heterocycles. The summed E-state index contributed by atoms with van der Waals surface area (Å²) >= 11 is 0. The van der Waals surface area contributed by atoms with E-state index < -0.39 is 35.2 Å². The molecule has 0 bridgehead atoms. The van der Waals surface area contributed by atoms with Crippen molar-refractivity contribution in [2.45, 2.75) is 64.6 Å². The van der Waals surface area contributed by atoms with Crippen LogP contribution in [0.5, 0.6) is 0 Å². The third kappa shape index (κ3) is 7.27. The number of carbonyl (C=O) groups excluding carboxylic acids is 1. The van der Waals surface area contributed by atoms with Crippen LogP contribution in [0.4, 0.5) is 13.6 Å². The van der Waals surface area contributed by atoms with E-state index in [1.165, 1.54) is 12.1 Å². The van der Waals surface area contributed by atoms with Gasteiger partial charge in [-0.1, -0.05) is 6.58 Å². The van der Waals surface area contributed by atoms with Crippen molar-refractivity contribution in [1.29, 1.82) is 0 Å². The molecular weight excluding hydrogens is 356 g/mol. The van der Waals surface area contributed by atoms with Gasteiger partial charge in [-0.25, -0.2) is 13.6 Å². The Bertz CT molecular complexity index is 688. The second-order valence-corrected chi connectivity index (χ2v) is 8.16. The zero-order valence-corrected chi connectivity index (χ0v) is 16.4. The van der Waals surface area contributed by atoms with Crippen LogP contribution in [0.25, 0.3) is 0 Å². The fourth-order valence-electron chi connectivity index (χ4n) is 2.62. The van der Waals surface area contributed by atoms with Crippen molar-refractivity contribution in [3.8, 4) is 0 Å². The highest BCUT2D eigenvalue weighted by Gasteiger charge is 2.39. The van der Waals surface area contributed by atoms with Crippen molar-refractivity contribution in [3.63, 3.8) is 0 Å². The standard InChI is InChI=1S/C20H27F2NO4/c1-12(7-13-8-14(21)10-15(22)9-13)17(16-11-25-16)26-20(5,6)23-18(24)27-19(2,3)4/h8-10,16-17H,1,7,11H2,2-6H3,(H,23,24)/t16-,17-/m0/s1. The van der Waals surface area contributed by atoms with E-state index in [2.05, 4.69) is 11.9 Å². The molecule has 0 spiro atoms. The van der Waals surface area contributed by atoms with Crippen LogP contribution in [0.1, 0.15) is 40.2 Å². The van der Waals surface area contributed by atoms with Gasteiger partial charge in [0.05, 0.1) is 6.61 Å². The SMILES string of the molecule is C=C(Cc1cc(F)cc(F)c1)[C@H](OC(C)(C)NC(=O)OC(C)(C)C)[C@@H]1CO1. The van der Waals surface area contributed by atoms with Crippen molar-refractivity contribution in [1.82, 2.24) is 5.32 Å². The summed E-state index contributed by atoms with van der Waals surface area (Å²) in [5.41, 5.74) is -0.648. The first-order valence-electron chi connectivity index (χ1n) is 8.78. The number of ether oxygens (including phenoxy) is 3. The largest absolute Gasteiger partial charge is 0.444 e. The van der Waals surface area contributed by atoms with Crippen LogP contribution >= 0.6 is 0 Å². The van der Waals surface area contributed by atoms with E-state index in [4.69, 9.17) is 14.2 Å². The Kier molecular flexibility index (Phi) is 6.27. The molecular formula is C20H27F2NO4. The maximum atomic E-state index is 13.4. The maximum Gasteiger partial charge on any atom is 0.409 e. The summed E-state index contributed by atoms with van der Waals surface area (Å²) in [6, 6.07) is 3.32. The quantitative estimate of drug-likeness (QED) is 0.437. The topological polar surface area (TPSA) is 60.1 Å². The number of hydrogen-bond acceptors (Lipinski definition) is 4. The number of rotatable bonds is 7. The molecule has 1 aliphatic rings. The van der Waals surface area contributed by atoms with Crippen molar-refractivity contribution >= 4 is 6.09 Å². The van der Waals surface area contributed by atoms with Gasteiger partial charge in [0, 0.05) is 6.07 Å². The van der Waals surface area contributed by atoms with Crippen LogP contribution < -0.4 is 5.32 Å². The fraction of sp³-hybridized carbons (Fsp3) is 0.550. The average Bonchev–Trinajstić information content (AvgIpc) is 3.24. The van der Waals surface area contributed by atoms with Gasteiger partial charge in [-0.15, -0.1) is 0 Å². The second kappa shape index (κ2) is 7.94. The molecule has 0 aromatic heterocycles. The predicted molar refractivity (Wildman–Crippen MR) is 97.3 cm³/mol. The van der Waals surface area contributed by atoms with Gasteiger partial charge in [0.15, 0.2) is 0 Å². The van der Waals surface area contributed by atoms with E-state index in [1.54, 1.807) is 34.6 Å². The van der Waals surface area contributed by atoms with E-state index >= 15 is 0 Å². The van der Waals surface area contributed by atoms with Gasteiger partial charge >= 0.3 is 6.09 Å². The lowest BCUT2D eigenvalue weighted by Gasteiger charge is -2.33. The average molecular weight is 383 g/mol. The van der Waals surface area contributed by atoms with E-state index in [0.717, 1.165) is 6.07 Å². The van der Waals surface area contributed by atoms with Gasteiger partial charge in [-0.2, -0.15) is 0 Å². The monoisotopic (exact) mass is 383 g/mol. The highest BCUT2D eigenvalue weighted by Crippen LogP contribution is 2.28. The Labute approximate surface area is 158 Å². The molecule has 1 fully saturated rings. The molecule has 1 amide bonds. The fourth-order valence-corrected chi connectivity index (χ4v) is 2.62. The van der Waals surface area contributed by atoms with Crippen LogP contribution in [0.3, 0.4) is 0 Å². The van der Waals surface area contributed by atoms with Crippen molar-refractivity contribution in [3.05, 3.63) is 47.5 Å². The zero-order chi connectivity index (χ0) is 20.4. The highest BCUT2D eigenvalue weighted by atomic mass is 19.1. The highest BCUT2D eigenvalue weighted by molar-refractivity contribution is 5.68. The predicted octanol–water partition coefficient (Wildman–Crippen LogP) is 4.11. The summed E-state index contributed by atoms with van der Waals surface area (Å²) in [7, 11) is 0. The molecule has 2 atom stereocenters. The smallest absolute Gasteiger partial charge is 0.409 e. The summed E-state index contributed by atoms with van der Waals surface area (Å²) in [4.78, 5) is 12.0. The summed E-state index contributed by atoms with van der Waals surface area (Å²) < 4.78 is 43.4. The van der Waals surface area contributed by atoms with Crippen molar-refractivity contribution in [2.24, 2.45) is 0 Å². The molecule has 1 aliphatic heterocycles. The van der Waals surface area contributed by atoms with E-state index in [-0.39, 0.29) is 12.5 Å². The molecule has 1 N–H and O–H groups in total. The molecule has 5 nitrogen and oxygen atoms in total. The summed E-state index contributed by atoms with van der Waals surface area (Å²) in [6.45, 7) is 13.1. The Morgan fingerprint density at radius 3 is 2.30 bits per heavy atom. The van der Waals surface area contributed by atoms with E-state index in [1.807, 2.05) is 0 Å². The van der Waals surface area contributed by atoms with Crippen LogP contribution in [-0.2, 0) is 20.6 Å². The Balaban J connectivity index is 2.03. The Morgan fingerprint density at radius 1 is 1.26 bits per heavy atom. The van der Waals surface area contributed by atoms with Crippen LogP contribution in [0, 0.1) is 11.6 Å². The minimum Gasteiger partial charge on any atom is -0.444 e. The first kappa shape index (κ1) is 21.3. The molecule has 0 unspecified atom stereocenters. The minimum atomic E-state index is -1.06. The lowest BCUT2D eigenvalue weighted by atomic mass is 9.99. The number of hydrogen-bond donors (Lipinski definition) is 1. The van der Waals surface area contributed by atoms with E-state index in [9.17, 15) is 13.6 Å². The van der Waals surface area contributed by atoms with E-state index in [0.29, 0.717) is 17.7 Å². The number of halogens is 2. The molecule has 1 aromatic carbocycles. The number of alkyl carbamates (subject to hydrolysis) is 1. The zero-order valence-electron chi connectivity index (χ0n) is 16.4. The summed E-state index contributed by atoms with van der Waals surface area (Å²) in [5, 5.41) is 2.66. The first-order valence-corrected chi connectivity index (χ1v) is 8.78. The van der Waals surface area contributed by atoms with Gasteiger partial charge in [0.2, 0.25) is 0 Å². The number of amides is 1. The normalized spacial score (nSPS) is 18.0. The lowest BCUT2D eigenvalue weighted by molar-refractivity contribution is -0.0864. The molecule has 0 aliphatic carbocycles. The summed E-state index contributed by atoms with van der Waals surface area (Å²) in [5.74, 6) is -1.30. The number of nitrogens with one attached hydrogen (secondary N) is 1. The Morgan fingerprint density at radius 2 is 1.81 bits per heavy atom. The lowest BCUT2D eigenvalue weighted by Crippen LogP contribution is -2.50. The van der Waals surface area contributed by atoms with Gasteiger partial charge < -0.3 is 14.2 Å². The first-order chi connectivity index (χ1) is 12.3. The molecule has 1 aromatic rings. The minimum absolute atomic E-state index is 0.212. The van der Waals surface area contributed by atoms with Gasteiger partial charge in [-0.3, -0.25) is 5.32 Å². The van der Waals surface area contributed by atoms with Crippen molar-refractivity contribution < 1.29 is 27.8 Å². The molecule has 150 valence electrons. The molecule has 0 radical (unpaired) electrons. The van der Waals surface area contributed by atoms with Crippen LogP contribution in [0.15, 0.2) is 30.4 Å². The third-order valence-corrected chi connectivity index (χ3v) is 3.68.